The van der Waals surface area contributed by atoms with Crippen LogP contribution in [-0.2, 0) is 16.1 Å². The Morgan fingerprint density at radius 1 is 0.979 bits per heavy atom. The van der Waals surface area contributed by atoms with E-state index in [1.165, 1.54) is 17.1 Å². The number of primary amides is 1. The minimum absolute atomic E-state index is 0.0962. The number of ether oxygens (including phenoxy) is 1. The summed E-state index contributed by atoms with van der Waals surface area (Å²) in [5.74, 6) is -0.403. The van der Waals surface area contributed by atoms with Gasteiger partial charge < -0.3 is 21.1 Å². The van der Waals surface area contributed by atoms with Gasteiger partial charge in [0.15, 0.2) is 11.6 Å². The van der Waals surface area contributed by atoms with Gasteiger partial charge in [0, 0.05) is 47.9 Å². The quantitative estimate of drug-likeness (QED) is 0.287. The molecular weight excluding hydrogens is 605 g/mol. The van der Waals surface area contributed by atoms with Gasteiger partial charge in [0.05, 0.1) is 18.8 Å². The zero-order chi connectivity index (χ0) is 32.4. The van der Waals surface area contributed by atoms with Gasteiger partial charge in [-0.05, 0) is 55.5 Å². The molecule has 0 radical (unpaired) electrons. The van der Waals surface area contributed by atoms with E-state index < -0.39 is 23.4 Å². The number of pyridine rings is 1. The molecule has 1 unspecified atom stereocenters. The Bertz CT molecular complexity index is 2110. The molecule has 13 nitrogen and oxygen atoms in total. The summed E-state index contributed by atoms with van der Waals surface area (Å²) in [7, 11) is 0. The predicted octanol–water partition coefficient (Wildman–Crippen LogP) is 2.80. The predicted molar refractivity (Wildman–Crippen MR) is 168 cm³/mol. The second-order valence-corrected chi connectivity index (χ2v) is 12.3. The third-order valence-corrected chi connectivity index (χ3v) is 9.48. The van der Waals surface area contributed by atoms with Gasteiger partial charge in [-0.1, -0.05) is 18.2 Å². The SMILES string of the molecule is NC(=O)c1c2n(n(-c3ccccn3)c1=O)CCOC2c1ccc(-c2cc(C3CCN(C(=O)C4CC4)CC3)n3ncnc(N)c23)c(F)c1. The van der Waals surface area contributed by atoms with E-state index in [-0.39, 0.29) is 53.5 Å². The Labute approximate surface area is 267 Å². The Kier molecular flexibility index (Phi) is 6.90. The van der Waals surface area contributed by atoms with Crippen LogP contribution in [-0.4, -0.2) is 65.4 Å². The molecule has 1 aliphatic carbocycles. The molecule has 3 aliphatic rings. The lowest BCUT2D eigenvalue weighted by atomic mass is 9.92. The molecular formula is C33H32FN9O4. The van der Waals surface area contributed by atoms with Gasteiger partial charge in [-0.25, -0.2) is 18.9 Å². The van der Waals surface area contributed by atoms with E-state index in [0.29, 0.717) is 35.6 Å². The van der Waals surface area contributed by atoms with Crippen molar-refractivity contribution in [2.24, 2.45) is 11.7 Å². The Balaban J connectivity index is 1.17. The summed E-state index contributed by atoms with van der Waals surface area (Å²) >= 11 is 0. The van der Waals surface area contributed by atoms with E-state index in [0.717, 1.165) is 31.4 Å². The standard InChI is InChI=1S/C33H32FN9O4/c34-23-15-20(29-28-26(31(36)44)33(46)43(41(28)13-14-47-29)25-3-1-2-10-37-25)6-7-21(23)22-16-24(42-27(22)30(35)38-17-39-42)18-8-11-40(12-9-18)32(45)19-4-5-19/h1-3,6-7,10,15-19,29H,4-5,8-9,11-14H2,(H2,36,44)(H2,35,38,39). The molecule has 1 aromatic carbocycles. The van der Waals surface area contributed by atoms with Crippen molar-refractivity contribution in [1.29, 1.82) is 0 Å². The monoisotopic (exact) mass is 637 g/mol. The molecule has 6 heterocycles. The maximum Gasteiger partial charge on any atom is 0.286 e. The van der Waals surface area contributed by atoms with Crippen molar-refractivity contribution in [3.63, 3.8) is 0 Å². The van der Waals surface area contributed by atoms with Crippen LogP contribution in [0.25, 0.3) is 22.5 Å². The highest BCUT2D eigenvalue weighted by molar-refractivity contribution is 5.94. The number of carbonyl (C=O) groups is 2. The van der Waals surface area contributed by atoms with Crippen LogP contribution in [0.1, 0.15) is 65.0 Å². The van der Waals surface area contributed by atoms with Crippen LogP contribution in [0, 0.1) is 11.7 Å². The normalized spacial score (nSPS) is 18.4. The molecule has 8 rings (SSSR count). The van der Waals surface area contributed by atoms with Crippen molar-refractivity contribution in [2.45, 2.75) is 44.2 Å². The maximum absolute atomic E-state index is 16.2. The zero-order valence-corrected chi connectivity index (χ0v) is 25.4. The molecule has 5 aromatic rings. The van der Waals surface area contributed by atoms with Gasteiger partial charge in [-0.3, -0.25) is 19.1 Å². The molecule has 1 saturated carbocycles. The lowest BCUT2D eigenvalue weighted by Crippen LogP contribution is -2.39. The number of anilines is 1. The third kappa shape index (κ3) is 4.78. The molecule has 4 N–H and O–H groups in total. The molecule has 1 atom stereocenters. The maximum atomic E-state index is 16.2. The summed E-state index contributed by atoms with van der Waals surface area (Å²) in [6.07, 6.45) is 5.46. The number of benzene rings is 1. The molecule has 1 saturated heterocycles. The van der Waals surface area contributed by atoms with E-state index in [4.69, 9.17) is 16.2 Å². The smallest absolute Gasteiger partial charge is 0.286 e. The van der Waals surface area contributed by atoms with Gasteiger partial charge >= 0.3 is 0 Å². The topological polar surface area (TPSA) is 169 Å². The molecule has 2 fully saturated rings. The fourth-order valence-corrected chi connectivity index (χ4v) is 7.06. The number of halogens is 1. The van der Waals surface area contributed by atoms with E-state index in [1.807, 2.05) is 11.0 Å². The second kappa shape index (κ2) is 11.2. The van der Waals surface area contributed by atoms with E-state index >= 15 is 4.39 Å². The highest BCUT2D eigenvalue weighted by atomic mass is 19.1. The van der Waals surface area contributed by atoms with Crippen LogP contribution in [0.3, 0.4) is 0 Å². The number of amides is 2. The summed E-state index contributed by atoms with van der Waals surface area (Å²) < 4.78 is 27.0. The average molecular weight is 638 g/mol. The van der Waals surface area contributed by atoms with E-state index in [2.05, 4.69) is 15.1 Å². The second-order valence-electron chi connectivity index (χ2n) is 12.3. The molecule has 0 bridgehead atoms. The molecule has 2 amide bonds. The summed E-state index contributed by atoms with van der Waals surface area (Å²) in [4.78, 5) is 49.1. The highest BCUT2D eigenvalue weighted by Gasteiger charge is 2.37. The van der Waals surface area contributed by atoms with Gasteiger partial charge in [0.2, 0.25) is 5.91 Å². The molecule has 4 aromatic heterocycles. The zero-order valence-electron chi connectivity index (χ0n) is 25.4. The minimum Gasteiger partial charge on any atom is -0.382 e. The van der Waals surface area contributed by atoms with E-state index in [9.17, 15) is 14.4 Å². The number of carbonyl (C=O) groups excluding carboxylic acids is 2. The average Bonchev–Trinajstić information content (AvgIpc) is 3.79. The van der Waals surface area contributed by atoms with Crippen molar-refractivity contribution >= 4 is 23.1 Å². The van der Waals surface area contributed by atoms with Gasteiger partial charge in [0.25, 0.3) is 11.5 Å². The van der Waals surface area contributed by atoms with Crippen LogP contribution < -0.4 is 17.0 Å². The third-order valence-electron chi connectivity index (χ3n) is 9.48. The summed E-state index contributed by atoms with van der Waals surface area (Å²) in [6, 6.07) is 11.7. The Morgan fingerprint density at radius 2 is 1.79 bits per heavy atom. The number of fused-ring (bicyclic) bond motifs is 2. The van der Waals surface area contributed by atoms with Gasteiger partial charge in [-0.15, -0.1) is 0 Å². The lowest BCUT2D eigenvalue weighted by Gasteiger charge is -2.32. The largest absolute Gasteiger partial charge is 0.382 e. The number of hydrogen-bond acceptors (Lipinski definition) is 8. The summed E-state index contributed by atoms with van der Waals surface area (Å²) in [6.45, 7) is 1.78. The van der Waals surface area contributed by atoms with Crippen molar-refractivity contribution in [3.05, 3.63) is 93.7 Å². The summed E-state index contributed by atoms with van der Waals surface area (Å²) in [5.41, 5.74) is 14.1. The molecule has 47 heavy (non-hydrogen) atoms. The number of nitrogen functional groups attached to an aromatic ring is 1. The van der Waals surface area contributed by atoms with Gasteiger partial charge in [-0.2, -0.15) is 9.78 Å². The minimum atomic E-state index is -0.939. The van der Waals surface area contributed by atoms with Crippen LogP contribution in [0.5, 0.6) is 0 Å². The Hall–Kier alpha value is -5.37. The fraction of sp³-hybridized carbons (Fsp3) is 0.333. The molecule has 240 valence electrons. The highest BCUT2D eigenvalue weighted by Crippen LogP contribution is 2.40. The first-order valence-corrected chi connectivity index (χ1v) is 15.7. The van der Waals surface area contributed by atoms with Crippen LogP contribution in [0.2, 0.25) is 0 Å². The van der Waals surface area contributed by atoms with Gasteiger partial charge in [0.1, 0.15) is 29.3 Å². The van der Waals surface area contributed by atoms with Crippen molar-refractivity contribution in [2.75, 3.05) is 25.4 Å². The van der Waals surface area contributed by atoms with Crippen LogP contribution in [0.4, 0.5) is 10.2 Å². The number of nitrogens with zero attached hydrogens (tertiary/aromatic N) is 7. The summed E-state index contributed by atoms with van der Waals surface area (Å²) in [5, 5.41) is 4.48. The fourth-order valence-electron chi connectivity index (χ4n) is 7.06. The first-order valence-electron chi connectivity index (χ1n) is 15.7. The number of likely N-dealkylation sites (tertiary alicyclic amines) is 1. The van der Waals surface area contributed by atoms with Crippen molar-refractivity contribution in [3.8, 4) is 16.9 Å². The molecule has 2 aliphatic heterocycles. The molecule has 14 heteroatoms. The first kappa shape index (κ1) is 29.1. The number of piperidine rings is 1. The number of aromatic nitrogens is 6. The van der Waals surface area contributed by atoms with Crippen molar-refractivity contribution in [1.82, 2.24) is 33.8 Å². The van der Waals surface area contributed by atoms with Crippen LogP contribution in [0.15, 0.2) is 59.8 Å². The van der Waals surface area contributed by atoms with Crippen molar-refractivity contribution < 1.29 is 18.7 Å². The molecule has 0 spiro atoms. The number of rotatable bonds is 6. The number of nitrogens with two attached hydrogens (primary N) is 2. The number of hydrogen-bond donors (Lipinski definition) is 2. The van der Waals surface area contributed by atoms with E-state index in [1.54, 1.807) is 45.7 Å². The van der Waals surface area contributed by atoms with Crippen LogP contribution >= 0.6 is 0 Å². The Morgan fingerprint density at radius 3 is 2.49 bits per heavy atom. The first-order chi connectivity index (χ1) is 22.8. The lowest BCUT2D eigenvalue weighted by molar-refractivity contribution is -0.133.